The van der Waals surface area contributed by atoms with E-state index in [0.29, 0.717) is 10.8 Å². The Kier molecular flexibility index (Phi) is 4.41. The molecule has 0 aliphatic carbocycles. The number of thioether (sulfide) groups is 1. The minimum absolute atomic E-state index is 0.395. The van der Waals surface area contributed by atoms with Gasteiger partial charge in [-0.3, -0.25) is 14.5 Å². The molecule has 8 nitrogen and oxygen atoms in total. The molecule has 0 spiro atoms. The Bertz CT molecular complexity index is 698. The quantitative estimate of drug-likeness (QED) is 0.809. The van der Waals surface area contributed by atoms with E-state index in [9.17, 15) is 9.59 Å². The predicted molar refractivity (Wildman–Crippen MR) is 78.2 cm³/mol. The first-order chi connectivity index (χ1) is 9.92. The number of nitrogens with zero attached hydrogens (tertiary/aromatic N) is 4. The summed E-state index contributed by atoms with van der Waals surface area (Å²) in [6.45, 7) is 5.43. The molecule has 0 aromatic carbocycles. The number of aromatic nitrogens is 4. The van der Waals surface area contributed by atoms with Gasteiger partial charge in [-0.2, -0.15) is 0 Å². The molecule has 0 fully saturated rings. The van der Waals surface area contributed by atoms with Crippen molar-refractivity contribution < 1.29 is 9.59 Å². The van der Waals surface area contributed by atoms with Crippen molar-refractivity contribution >= 4 is 29.3 Å². The molecule has 2 N–H and O–H groups in total. The van der Waals surface area contributed by atoms with Crippen LogP contribution in [0.4, 0.5) is 4.79 Å². The molecule has 3 amide bonds. The lowest BCUT2D eigenvalue weighted by Crippen LogP contribution is -2.41. The molecule has 0 bridgehead atoms. The fourth-order valence-corrected chi connectivity index (χ4v) is 2.67. The summed E-state index contributed by atoms with van der Waals surface area (Å²) in [4.78, 5) is 27.3. The number of carbonyl (C=O) groups excluding carboxylic acids is 2. The Morgan fingerprint density at radius 3 is 2.71 bits per heavy atom. The molecule has 1 atom stereocenters. The second-order valence-corrected chi connectivity index (χ2v) is 5.76. The smallest absolute Gasteiger partial charge is 0.321 e. The lowest BCUT2D eigenvalue weighted by Gasteiger charge is -2.10. The van der Waals surface area contributed by atoms with Crippen LogP contribution >= 0.6 is 11.8 Å². The van der Waals surface area contributed by atoms with E-state index >= 15 is 0 Å². The molecule has 0 aliphatic rings. The van der Waals surface area contributed by atoms with Crippen molar-refractivity contribution in [2.45, 2.75) is 31.2 Å². The summed E-state index contributed by atoms with van der Waals surface area (Å²) in [5.74, 6) is 0.352. The highest BCUT2D eigenvalue weighted by Crippen LogP contribution is 2.23. The molecular formula is C12H16N6O2S. The summed E-state index contributed by atoms with van der Waals surface area (Å²) in [5.41, 5.74) is 1.54. The minimum atomic E-state index is -0.535. The highest BCUT2D eigenvalue weighted by atomic mass is 32.2. The maximum atomic E-state index is 11.8. The second kappa shape index (κ2) is 6.08. The van der Waals surface area contributed by atoms with Crippen molar-refractivity contribution in [3.63, 3.8) is 0 Å². The van der Waals surface area contributed by atoms with Gasteiger partial charge >= 0.3 is 6.03 Å². The van der Waals surface area contributed by atoms with Crippen LogP contribution in [-0.2, 0) is 4.79 Å². The summed E-state index contributed by atoms with van der Waals surface area (Å²) in [6, 6.07) is 1.28. The molecular weight excluding hydrogens is 292 g/mol. The van der Waals surface area contributed by atoms with Crippen LogP contribution in [-0.4, -0.2) is 43.8 Å². The number of rotatable bonds is 3. The van der Waals surface area contributed by atoms with E-state index < -0.39 is 17.2 Å². The zero-order chi connectivity index (χ0) is 15.6. The molecule has 112 valence electrons. The van der Waals surface area contributed by atoms with Gasteiger partial charge in [-0.05, 0) is 20.8 Å². The second-order valence-electron chi connectivity index (χ2n) is 4.45. The van der Waals surface area contributed by atoms with Crippen molar-refractivity contribution in [2.75, 3.05) is 7.05 Å². The lowest BCUT2D eigenvalue weighted by atomic mass is 10.4. The third kappa shape index (κ3) is 3.30. The van der Waals surface area contributed by atoms with Gasteiger partial charge in [0.25, 0.3) is 0 Å². The molecule has 0 saturated heterocycles. The highest BCUT2D eigenvalue weighted by molar-refractivity contribution is 8.00. The third-order valence-corrected chi connectivity index (χ3v) is 3.82. The van der Waals surface area contributed by atoms with E-state index in [4.69, 9.17) is 0 Å². The van der Waals surface area contributed by atoms with Gasteiger partial charge in [0.1, 0.15) is 5.82 Å². The van der Waals surface area contributed by atoms with Gasteiger partial charge in [-0.25, -0.2) is 9.78 Å². The average Bonchev–Trinajstić information content (AvgIpc) is 2.81. The first-order valence-electron chi connectivity index (χ1n) is 6.31. The monoisotopic (exact) mass is 308 g/mol. The van der Waals surface area contributed by atoms with Gasteiger partial charge in [0.2, 0.25) is 5.91 Å². The Morgan fingerprint density at radius 2 is 2.05 bits per heavy atom. The largest absolute Gasteiger partial charge is 0.341 e. The highest BCUT2D eigenvalue weighted by Gasteiger charge is 2.20. The van der Waals surface area contributed by atoms with Crippen LogP contribution in [0.15, 0.2) is 11.2 Å². The van der Waals surface area contributed by atoms with Crippen LogP contribution in [0.3, 0.4) is 0 Å². The predicted octanol–water partition coefficient (Wildman–Crippen LogP) is 0.677. The number of aryl methyl sites for hydroxylation is 2. The van der Waals surface area contributed by atoms with Crippen LogP contribution < -0.4 is 10.6 Å². The topological polar surface area (TPSA) is 101 Å². The fourth-order valence-electron chi connectivity index (χ4n) is 1.77. The van der Waals surface area contributed by atoms with Crippen LogP contribution in [0, 0.1) is 13.8 Å². The van der Waals surface area contributed by atoms with Crippen molar-refractivity contribution in [1.82, 2.24) is 30.2 Å². The number of hydrogen-bond donors (Lipinski definition) is 2. The van der Waals surface area contributed by atoms with E-state index in [2.05, 4.69) is 25.8 Å². The van der Waals surface area contributed by atoms with Crippen LogP contribution in [0.1, 0.15) is 18.4 Å². The van der Waals surface area contributed by atoms with Gasteiger partial charge in [-0.1, -0.05) is 11.8 Å². The van der Waals surface area contributed by atoms with Gasteiger partial charge in [-0.15, -0.1) is 10.2 Å². The number of carbonyl (C=O) groups is 2. The number of hydrogen-bond acceptors (Lipinski definition) is 6. The summed E-state index contributed by atoms with van der Waals surface area (Å²) in [6.07, 6.45) is 0. The molecule has 0 unspecified atom stereocenters. The normalized spacial score (nSPS) is 12.2. The van der Waals surface area contributed by atoms with E-state index in [1.54, 1.807) is 11.3 Å². The zero-order valence-electron chi connectivity index (χ0n) is 12.2. The standard InChI is InChI=1S/C12H16N6O2S/c1-6-5-9-16-17-12(18(9)8(3)14-6)21-7(2)10(19)15-11(20)13-4/h5,7H,1-4H3,(H2,13,15,19,20)/t7-/m0/s1. The summed E-state index contributed by atoms with van der Waals surface area (Å²) >= 11 is 1.22. The van der Waals surface area contributed by atoms with Crippen molar-refractivity contribution in [1.29, 1.82) is 0 Å². The maximum absolute atomic E-state index is 11.8. The fraction of sp³-hybridized carbons (Fsp3) is 0.417. The maximum Gasteiger partial charge on any atom is 0.321 e. The summed E-state index contributed by atoms with van der Waals surface area (Å²) in [7, 11) is 1.45. The zero-order valence-corrected chi connectivity index (χ0v) is 13.0. The molecule has 2 heterocycles. The van der Waals surface area contributed by atoms with Gasteiger partial charge in [0, 0.05) is 18.8 Å². The Hall–Kier alpha value is -2.16. The SMILES string of the molecule is CNC(=O)NC(=O)[C@H](C)Sc1nnc2cc(C)nc(C)n12. The number of urea groups is 1. The molecule has 21 heavy (non-hydrogen) atoms. The minimum Gasteiger partial charge on any atom is -0.341 e. The van der Waals surface area contributed by atoms with E-state index in [1.807, 2.05) is 19.9 Å². The van der Waals surface area contributed by atoms with Crippen molar-refractivity contribution in [2.24, 2.45) is 0 Å². The molecule has 0 aliphatic heterocycles. The van der Waals surface area contributed by atoms with Crippen LogP contribution in [0.5, 0.6) is 0 Å². The Labute approximate surface area is 125 Å². The summed E-state index contributed by atoms with van der Waals surface area (Å²) in [5, 5.41) is 12.8. The summed E-state index contributed by atoms with van der Waals surface area (Å²) < 4.78 is 1.78. The average molecular weight is 308 g/mol. The van der Waals surface area contributed by atoms with Crippen molar-refractivity contribution in [3.05, 3.63) is 17.6 Å². The van der Waals surface area contributed by atoms with Gasteiger partial charge < -0.3 is 5.32 Å². The van der Waals surface area contributed by atoms with E-state index in [1.165, 1.54) is 18.8 Å². The number of nitrogens with one attached hydrogen (secondary N) is 2. The molecule has 0 saturated carbocycles. The van der Waals surface area contributed by atoms with E-state index in [0.717, 1.165) is 11.5 Å². The third-order valence-electron chi connectivity index (χ3n) is 2.77. The molecule has 2 aromatic heterocycles. The van der Waals surface area contributed by atoms with Crippen LogP contribution in [0.2, 0.25) is 0 Å². The first kappa shape index (κ1) is 15.2. The number of fused-ring (bicyclic) bond motifs is 1. The Morgan fingerprint density at radius 1 is 1.33 bits per heavy atom. The molecule has 0 radical (unpaired) electrons. The molecule has 2 rings (SSSR count). The van der Waals surface area contributed by atoms with E-state index in [-0.39, 0.29) is 0 Å². The van der Waals surface area contributed by atoms with Crippen molar-refractivity contribution in [3.8, 4) is 0 Å². The number of imide groups is 1. The molecule has 9 heteroatoms. The Balaban J connectivity index is 2.20. The molecule has 2 aromatic rings. The van der Waals surface area contributed by atoms with Gasteiger partial charge in [0.05, 0.1) is 5.25 Å². The van der Waals surface area contributed by atoms with Gasteiger partial charge in [0.15, 0.2) is 10.8 Å². The van der Waals surface area contributed by atoms with Crippen LogP contribution in [0.25, 0.3) is 5.65 Å². The number of amides is 3. The first-order valence-corrected chi connectivity index (χ1v) is 7.19. The lowest BCUT2D eigenvalue weighted by molar-refractivity contribution is -0.119.